The maximum absolute atomic E-state index is 13.8. The predicted molar refractivity (Wildman–Crippen MR) is 503 cm³/mol. The van der Waals surface area contributed by atoms with Crippen LogP contribution in [0.3, 0.4) is 0 Å². The van der Waals surface area contributed by atoms with Gasteiger partial charge in [0.25, 0.3) is 26.8 Å². The Morgan fingerprint density at radius 2 is 0.692 bits per heavy atom. The Bertz CT molecular complexity index is 5300. The predicted octanol–water partition coefficient (Wildman–Crippen LogP) is 8.43. The van der Waals surface area contributed by atoms with Crippen molar-refractivity contribution in [2.75, 3.05) is 134 Å². The molecule has 6 heterocycles. The van der Waals surface area contributed by atoms with Gasteiger partial charge in [-0.25, -0.2) is 39.6 Å². The van der Waals surface area contributed by atoms with Crippen LogP contribution in [0.4, 0.5) is 14.4 Å². The summed E-state index contributed by atoms with van der Waals surface area (Å²) in [5.74, 6) is 0.288. The molecule has 38 heteroatoms. The molecule has 133 heavy (non-hydrogen) atoms. The van der Waals surface area contributed by atoms with Gasteiger partial charge in [0, 0.05) is 84.5 Å². The minimum absolute atomic E-state index is 0. The number of methoxy groups -OCH3 is 5. The number of nitrogens with one attached hydrogen (secondary N) is 1. The number of carbonyl (C=O) groups is 9. The molecule has 6 aromatic rings. The second-order valence-electron chi connectivity index (χ2n) is 34.6. The van der Waals surface area contributed by atoms with E-state index in [-0.39, 0.29) is 172 Å². The number of urea groups is 3. The number of carboxylic acids is 1. The number of aryl methyl sites for hydroxylation is 3. The number of nitrogens with zero attached hydrogens (tertiary/aromatic N) is 9. The van der Waals surface area contributed by atoms with Gasteiger partial charge in [-0.15, -0.1) is 0 Å². The first kappa shape index (κ1) is 114. The Hall–Kier alpha value is -9.45. The van der Waals surface area contributed by atoms with E-state index in [0.29, 0.717) is 98.3 Å². The van der Waals surface area contributed by atoms with E-state index < -0.39 is 63.6 Å². The molecule has 0 unspecified atom stereocenters. The molecule has 6 aliphatic heterocycles. The maximum atomic E-state index is 13.8. The Labute approximate surface area is 803 Å². The average Bonchev–Trinajstić information content (AvgIpc) is 1.65. The van der Waals surface area contributed by atoms with Crippen LogP contribution in [0.25, 0.3) is 0 Å². The normalized spacial score (nSPS) is 16.5. The van der Waals surface area contributed by atoms with Gasteiger partial charge in [0.1, 0.15) is 33.9 Å². The monoisotopic (exact) mass is 1910 g/mol. The number of ether oxygens (including phenoxy) is 5. The summed E-state index contributed by atoms with van der Waals surface area (Å²) >= 11 is 0. The molecular formula is C95H132BClLiN10O22S3. The van der Waals surface area contributed by atoms with Gasteiger partial charge in [-0.2, -0.15) is 8.61 Å². The Morgan fingerprint density at radius 3 is 0.940 bits per heavy atom. The van der Waals surface area contributed by atoms with Crippen LogP contribution in [0.2, 0.25) is 0 Å². The summed E-state index contributed by atoms with van der Waals surface area (Å²) in [7, 11) is 1.04. The number of rotatable bonds is 32. The van der Waals surface area contributed by atoms with Crippen LogP contribution >= 0.6 is 10.7 Å². The number of carboxylic acid groups (broad SMARTS) is 1. The molecule has 3 spiro atoms. The fraction of sp³-hybridized carbons (Fsp3) is 0.526. The molecule has 723 valence electrons. The van der Waals surface area contributed by atoms with Gasteiger partial charge in [0.05, 0.1) is 69.5 Å². The summed E-state index contributed by atoms with van der Waals surface area (Å²) in [4.78, 5) is 127. The molecule has 0 saturated carbocycles. The van der Waals surface area contributed by atoms with Gasteiger partial charge in [-0.05, 0) is 234 Å². The topological polar surface area (TPSA) is 394 Å². The molecule has 0 aromatic heterocycles. The minimum atomic E-state index is -3.94. The van der Waals surface area contributed by atoms with Crippen LogP contribution < -0.4 is 38.4 Å². The first-order valence-electron chi connectivity index (χ1n) is 44.3. The third kappa shape index (κ3) is 28.4. The number of hydrogen-bond donors (Lipinski definition) is 2. The van der Waals surface area contributed by atoms with E-state index in [1.54, 1.807) is 88.3 Å². The standard InChI is InChI=1S/C30H39N3O7S.C29H37N3O7S.C20H29N3O3.C10H11ClO4S.C6H15N.B.Li.H2O/c1-21(2)20-32-28(35)30(33(29(32)36)15-12-23-8-10-25(39-4)11-9-23)13-16-31(17-14-30)41(37,38)26-18-24(7-6-22(26)3)19-27(34)40-5;1-20(2)19-31-27(35)29(32(28(31)36)14-11-22-7-9-24(39-4)10-8-22)12-15-30(16-13-29)40(37,38)25-17-23(18-26(33)34)6-5-21(25)3;1-15(2)14-22-18(24)20(9-11-21-12-10-20)23(19(22)25)13-8-16-4-6-17(26-3)7-5-16;1-7-3-4-8(6-10(12)15-2)5-9(7)16(11,13)14;1-4-7(5-2)6-3;;;/h6-11,18,21H,12-17,19-20H2,1-5H3;5-10,17,20H,11-16,18-19H2,1-4H3,(H,33,34);4-7,15,21H,8-14H2,1-3H3;3-5H,6H2,1-2H3;4-6H2,1-3H3;;;1H2/q;;;;;;+1;/p-1. The van der Waals surface area contributed by atoms with Crippen molar-refractivity contribution in [1.29, 1.82) is 0 Å². The SMILES string of the molecule is CCN(CC)CC.COC(=O)Cc1ccc(C)c(S(=O)(=O)Cl)c1.COC(=O)Cc1ccc(C)c(S(=O)(=O)N2CCC3(CC2)C(=O)N(CC(C)C)C(=O)N3CCc2ccc(OC)cc2)c1.COc1ccc(CCN2C(=O)N(CC(C)C)C(=O)C23CCN(S(=O)(=O)c2cc(CC(=O)O)ccc2C)CC3)cc1.COc1ccc(CCN2C(=O)N(CC(C)C)C(=O)C23CCNCC3)cc1.[B].[Li+].[OH-]. The smallest absolute Gasteiger partial charge is 0.870 e. The average molecular weight is 1920 g/mol. The molecule has 0 aliphatic carbocycles. The Morgan fingerprint density at radius 1 is 0.429 bits per heavy atom. The second kappa shape index (κ2) is 50.9. The molecule has 32 nitrogen and oxygen atoms in total. The number of imide groups is 3. The van der Waals surface area contributed by atoms with Gasteiger partial charge in [0.2, 0.25) is 20.0 Å². The minimum Gasteiger partial charge on any atom is -0.870 e. The van der Waals surface area contributed by atoms with Gasteiger partial charge in [-0.1, -0.05) is 135 Å². The van der Waals surface area contributed by atoms with E-state index in [0.717, 1.165) is 53.4 Å². The van der Waals surface area contributed by atoms with E-state index in [1.165, 1.54) is 75.4 Å². The number of hydrogen-bond acceptors (Lipinski definition) is 23. The van der Waals surface area contributed by atoms with Crippen LogP contribution in [0.1, 0.15) is 151 Å². The van der Waals surface area contributed by atoms with Gasteiger partial charge < -0.3 is 59.2 Å². The summed E-state index contributed by atoms with van der Waals surface area (Å²) in [6.07, 6.45) is 3.68. The van der Waals surface area contributed by atoms with Crippen LogP contribution in [-0.4, -0.2) is 291 Å². The summed E-state index contributed by atoms with van der Waals surface area (Å²) < 4.78 is 105. The quantitative estimate of drug-likeness (QED) is 0.0173. The number of carbonyl (C=O) groups excluding carboxylic acids is 8. The number of halogens is 1. The molecule has 6 aliphatic rings. The molecule has 3 N–H and O–H groups in total. The number of aliphatic carboxylic acids is 1. The van der Waals surface area contributed by atoms with Crippen molar-refractivity contribution < 1.29 is 122 Å². The van der Waals surface area contributed by atoms with Crippen LogP contribution in [0, 0.1) is 38.5 Å². The number of amides is 9. The number of benzene rings is 6. The zero-order valence-corrected chi connectivity index (χ0v) is 83.4. The second-order valence-corrected chi connectivity index (χ2v) is 41.0. The summed E-state index contributed by atoms with van der Waals surface area (Å²) in [6.45, 7) is 31.2. The van der Waals surface area contributed by atoms with E-state index in [9.17, 15) is 68.4 Å². The summed E-state index contributed by atoms with van der Waals surface area (Å²) in [6, 6.07) is 36.5. The maximum Gasteiger partial charge on any atom is 1.00 e. The van der Waals surface area contributed by atoms with Gasteiger partial charge in [0.15, 0.2) is 0 Å². The molecule has 0 atom stereocenters. The van der Waals surface area contributed by atoms with Crippen molar-refractivity contribution >= 4 is 102 Å². The van der Waals surface area contributed by atoms with Crippen molar-refractivity contribution in [2.45, 2.75) is 191 Å². The molecular weight excluding hydrogens is 1780 g/mol. The van der Waals surface area contributed by atoms with E-state index in [2.05, 4.69) is 35.7 Å². The number of esters is 2. The Balaban J connectivity index is 0.000000317. The van der Waals surface area contributed by atoms with E-state index in [4.69, 9.17) is 34.7 Å². The zero-order chi connectivity index (χ0) is 96.0. The fourth-order valence-corrected chi connectivity index (χ4v) is 21.8. The van der Waals surface area contributed by atoms with Crippen molar-refractivity contribution in [3.63, 3.8) is 0 Å². The zero-order valence-electron chi connectivity index (χ0n) is 80.2. The van der Waals surface area contributed by atoms with Crippen LogP contribution in [0.5, 0.6) is 17.2 Å². The first-order chi connectivity index (χ1) is 61.5. The molecule has 6 aromatic carbocycles. The molecule has 3 radical (unpaired) electrons. The molecule has 0 bridgehead atoms. The van der Waals surface area contributed by atoms with Crippen LogP contribution in [0.15, 0.2) is 142 Å². The van der Waals surface area contributed by atoms with Crippen molar-refractivity contribution in [3.8, 4) is 17.2 Å². The first-order valence-corrected chi connectivity index (χ1v) is 49.5. The number of sulfonamides is 2. The number of piperidine rings is 3. The van der Waals surface area contributed by atoms with Gasteiger partial charge >= 0.3 is 54.9 Å². The third-order valence-corrected chi connectivity index (χ3v) is 30.0. The summed E-state index contributed by atoms with van der Waals surface area (Å²) in [5, 5.41) is 12.5. The summed E-state index contributed by atoms with van der Waals surface area (Å²) in [5.41, 5.74) is 3.40. The molecule has 9 amide bonds. The molecule has 12 rings (SSSR count). The van der Waals surface area contributed by atoms with Crippen molar-refractivity contribution in [1.82, 2.24) is 48.2 Å². The van der Waals surface area contributed by atoms with Crippen molar-refractivity contribution in [3.05, 3.63) is 177 Å². The largest absolute Gasteiger partial charge is 1.00 e. The van der Waals surface area contributed by atoms with Gasteiger partial charge in [-0.3, -0.25) is 43.5 Å². The fourth-order valence-electron chi connectivity index (χ4n) is 17.1. The third-order valence-electron chi connectivity index (χ3n) is 24.5. The Kier molecular flexibility index (Phi) is 43.7. The van der Waals surface area contributed by atoms with Crippen LogP contribution in [-0.2, 0) is 106 Å². The van der Waals surface area contributed by atoms with E-state index >= 15 is 0 Å². The van der Waals surface area contributed by atoms with Crippen molar-refractivity contribution in [2.24, 2.45) is 17.8 Å². The van der Waals surface area contributed by atoms with E-state index in [1.807, 2.05) is 119 Å². The molecule has 6 fully saturated rings. The molecule has 6 saturated heterocycles.